The second kappa shape index (κ2) is 6.48. The van der Waals surface area contributed by atoms with Gasteiger partial charge in [-0.3, -0.25) is 9.59 Å². The van der Waals surface area contributed by atoms with Crippen molar-refractivity contribution in [3.05, 3.63) is 57.5 Å². The van der Waals surface area contributed by atoms with Crippen LogP contribution in [0.3, 0.4) is 0 Å². The second-order valence-electron chi connectivity index (χ2n) is 5.24. The number of nitrogens with zero attached hydrogens (tertiary/aromatic N) is 2. The average Bonchev–Trinajstić information content (AvgIpc) is 2.45. The minimum Gasteiger partial charge on any atom is -0.293 e. The topological polar surface area (TPSA) is 52.0 Å². The zero-order chi connectivity index (χ0) is 15.4. The summed E-state index contributed by atoms with van der Waals surface area (Å²) in [4.78, 5) is 23.2. The minimum absolute atomic E-state index is 0.0179. The third kappa shape index (κ3) is 3.45. The number of unbranched alkanes of at least 4 members (excludes halogenated alkanes) is 1. The summed E-state index contributed by atoms with van der Waals surface area (Å²) >= 11 is 0. The molecular weight excluding hydrogens is 264 g/mol. The number of rotatable bonds is 5. The van der Waals surface area contributed by atoms with Gasteiger partial charge in [0.1, 0.15) is 0 Å². The monoisotopic (exact) mass is 284 g/mol. The van der Waals surface area contributed by atoms with E-state index in [4.69, 9.17) is 0 Å². The van der Waals surface area contributed by atoms with Crippen molar-refractivity contribution in [3.63, 3.8) is 0 Å². The Balaban J connectivity index is 2.39. The van der Waals surface area contributed by atoms with Gasteiger partial charge in [-0.05, 0) is 37.5 Å². The van der Waals surface area contributed by atoms with Gasteiger partial charge in [0.05, 0.1) is 5.69 Å². The molecule has 4 heteroatoms. The molecule has 4 nitrogen and oxygen atoms in total. The maximum Gasteiger partial charge on any atom is 0.211 e. The van der Waals surface area contributed by atoms with E-state index in [1.807, 2.05) is 19.1 Å². The van der Waals surface area contributed by atoms with Crippen molar-refractivity contribution in [2.75, 3.05) is 0 Å². The zero-order valence-corrected chi connectivity index (χ0v) is 12.7. The molecule has 0 aliphatic carbocycles. The Morgan fingerprint density at radius 3 is 2.48 bits per heavy atom. The predicted molar refractivity (Wildman–Crippen MR) is 83.2 cm³/mol. The summed E-state index contributed by atoms with van der Waals surface area (Å²) in [5.41, 5.74) is 2.51. The van der Waals surface area contributed by atoms with Gasteiger partial charge in [-0.1, -0.05) is 25.5 Å². The van der Waals surface area contributed by atoms with Crippen molar-refractivity contribution in [1.29, 1.82) is 0 Å². The molecule has 0 bridgehead atoms. The van der Waals surface area contributed by atoms with Crippen molar-refractivity contribution in [2.24, 2.45) is 0 Å². The molecule has 0 fully saturated rings. The van der Waals surface area contributed by atoms with Crippen LogP contribution in [0.15, 0.2) is 35.1 Å². The Hall–Kier alpha value is -2.23. The van der Waals surface area contributed by atoms with Gasteiger partial charge < -0.3 is 0 Å². The van der Waals surface area contributed by atoms with Crippen molar-refractivity contribution < 1.29 is 4.79 Å². The molecule has 2 rings (SSSR count). The van der Waals surface area contributed by atoms with E-state index in [9.17, 15) is 9.59 Å². The molecule has 1 heterocycles. The molecule has 0 unspecified atom stereocenters. The maximum absolute atomic E-state index is 11.7. The van der Waals surface area contributed by atoms with E-state index in [2.05, 4.69) is 24.2 Å². The molecule has 0 amide bonds. The van der Waals surface area contributed by atoms with Crippen LogP contribution in [0.4, 0.5) is 0 Å². The third-order valence-electron chi connectivity index (χ3n) is 3.44. The molecule has 0 saturated carbocycles. The van der Waals surface area contributed by atoms with Crippen LogP contribution in [-0.4, -0.2) is 15.6 Å². The number of carbonyl (C=O) groups excluding carboxylic acids is 1. The van der Waals surface area contributed by atoms with Gasteiger partial charge in [0.25, 0.3) is 0 Å². The van der Waals surface area contributed by atoms with Crippen molar-refractivity contribution in [2.45, 2.75) is 40.0 Å². The Kier molecular flexibility index (Phi) is 4.68. The highest BCUT2D eigenvalue weighted by molar-refractivity contribution is 5.91. The van der Waals surface area contributed by atoms with E-state index in [1.165, 1.54) is 31.4 Å². The number of ketones is 1. The normalized spacial score (nSPS) is 10.6. The Morgan fingerprint density at radius 2 is 1.90 bits per heavy atom. The van der Waals surface area contributed by atoms with Gasteiger partial charge in [0.2, 0.25) is 5.43 Å². The molecule has 0 spiro atoms. The van der Waals surface area contributed by atoms with E-state index < -0.39 is 0 Å². The molecular formula is C17H20N2O2. The van der Waals surface area contributed by atoms with Gasteiger partial charge in [-0.25, -0.2) is 4.68 Å². The number of aromatic nitrogens is 2. The molecule has 1 aromatic carbocycles. The van der Waals surface area contributed by atoms with Crippen LogP contribution in [-0.2, 0) is 6.42 Å². The first-order chi connectivity index (χ1) is 10.0. The number of hydrogen-bond acceptors (Lipinski definition) is 3. The summed E-state index contributed by atoms with van der Waals surface area (Å²) in [5, 5.41) is 4.19. The van der Waals surface area contributed by atoms with E-state index in [1.54, 1.807) is 4.68 Å². The second-order valence-corrected chi connectivity index (χ2v) is 5.24. The number of carbonyl (C=O) groups is 1. The van der Waals surface area contributed by atoms with Crippen LogP contribution in [0.1, 0.15) is 48.4 Å². The van der Waals surface area contributed by atoms with Gasteiger partial charge in [-0.15, -0.1) is 0 Å². The maximum atomic E-state index is 11.7. The number of hydrogen-bond donors (Lipinski definition) is 0. The number of benzene rings is 1. The lowest BCUT2D eigenvalue weighted by atomic mass is 10.1. The van der Waals surface area contributed by atoms with Crippen molar-refractivity contribution in [1.82, 2.24) is 9.78 Å². The summed E-state index contributed by atoms with van der Waals surface area (Å²) in [6, 6.07) is 9.53. The first kappa shape index (κ1) is 15.2. The fourth-order valence-corrected chi connectivity index (χ4v) is 2.24. The molecule has 21 heavy (non-hydrogen) atoms. The van der Waals surface area contributed by atoms with Crippen LogP contribution >= 0.6 is 0 Å². The predicted octanol–water partition coefficient (Wildman–Crippen LogP) is 3.09. The number of aryl methyl sites for hydroxylation is 2. The molecule has 0 N–H and O–H groups in total. The molecule has 2 aromatic rings. The van der Waals surface area contributed by atoms with Crippen LogP contribution in [0.5, 0.6) is 0 Å². The summed E-state index contributed by atoms with van der Waals surface area (Å²) in [6.45, 7) is 5.34. The molecule has 0 radical (unpaired) electrons. The van der Waals surface area contributed by atoms with E-state index in [0.717, 1.165) is 12.1 Å². The average molecular weight is 284 g/mol. The highest BCUT2D eigenvalue weighted by atomic mass is 16.1. The standard InChI is InChI=1S/C17H20N2O2/c1-4-5-6-14-7-9-15(10-8-14)19-12(2)11-16(21)17(18-19)13(3)20/h7-11H,4-6H2,1-3H3. The minimum atomic E-state index is -0.323. The lowest BCUT2D eigenvalue weighted by molar-refractivity contribution is 0.101. The summed E-state index contributed by atoms with van der Waals surface area (Å²) < 4.78 is 1.64. The Labute approximate surface area is 124 Å². The van der Waals surface area contributed by atoms with Crippen molar-refractivity contribution in [3.8, 4) is 5.69 Å². The highest BCUT2D eigenvalue weighted by Gasteiger charge is 2.11. The fourth-order valence-electron chi connectivity index (χ4n) is 2.24. The fraction of sp³-hybridized carbons (Fsp3) is 0.353. The lowest BCUT2D eigenvalue weighted by Crippen LogP contribution is -2.21. The van der Waals surface area contributed by atoms with Crippen LogP contribution in [0.2, 0.25) is 0 Å². The molecule has 1 aromatic heterocycles. The Morgan fingerprint density at radius 1 is 1.24 bits per heavy atom. The summed E-state index contributed by atoms with van der Waals surface area (Å²) in [7, 11) is 0. The molecule has 0 atom stereocenters. The van der Waals surface area contributed by atoms with E-state index >= 15 is 0 Å². The van der Waals surface area contributed by atoms with Crippen LogP contribution in [0, 0.1) is 6.92 Å². The molecule has 0 aliphatic rings. The first-order valence-electron chi connectivity index (χ1n) is 7.24. The lowest BCUT2D eigenvalue weighted by Gasteiger charge is -2.11. The summed E-state index contributed by atoms with van der Waals surface area (Å²) in [6.07, 6.45) is 3.40. The SMILES string of the molecule is CCCCc1ccc(-n2nc(C(C)=O)c(=O)cc2C)cc1. The van der Waals surface area contributed by atoms with Crippen LogP contribution < -0.4 is 5.43 Å². The van der Waals surface area contributed by atoms with Crippen molar-refractivity contribution >= 4 is 5.78 Å². The summed E-state index contributed by atoms with van der Waals surface area (Å²) in [5.74, 6) is -0.312. The van der Waals surface area contributed by atoms with Gasteiger partial charge in [0.15, 0.2) is 11.5 Å². The largest absolute Gasteiger partial charge is 0.293 e. The zero-order valence-electron chi connectivity index (χ0n) is 12.7. The van der Waals surface area contributed by atoms with Gasteiger partial charge in [-0.2, -0.15) is 5.10 Å². The van der Waals surface area contributed by atoms with Crippen LogP contribution in [0.25, 0.3) is 5.69 Å². The quantitative estimate of drug-likeness (QED) is 0.793. The molecule has 110 valence electrons. The highest BCUT2D eigenvalue weighted by Crippen LogP contribution is 2.12. The van der Waals surface area contributed by atoms with Gasteiger partial charge >= 0.3 is 0 Å². The Bertz CT molecular complexity index is 700. The smallest absolute Gasteiger partial charge is 0.211 e. The third-order valence-corrected chi connectivity index (χ3v) is 3.44. The first-order valence-corrected chi connectivity index (χ1v) is 7.24. The molecule has 0 saturated heterocycles. The van der Waals surface area contributed by atoms with Gasteiger partial charge in [0, 0.05) is 18.7 Å². The van der Waals surface area contributed by atoms with E-state index in [0.29, 0.717) is 5.69 Å². The number of Topliss-reactive ketones (excluding diaryl/α,β-unsaturated/α-hetero) is 1. The van der Waals surface area contributed by atoms with E-state index in [-0.39, 0.29) is 16.9 Å². The molecule has 0 aliphatic heterocycles.